The van der Waals surface area contributed by atoms with E-state index in [1.165, 1.54) is 31.7 Å². The van der Waals surface area contributed by atoms with Gasteiger partial charge in [-0.1, -0.05) is 25.0 Å². The van der Waals surface area contributed by atoms with Crippen molar-refractivity contribution >= 4 is 0 Å². The molecule has 0 atom stereocenters. The second-order valence-corrected chi connectivity index (χ2v) is 4.62. The molecule has 2 nitrogen and oxygen atoms in total. The summed E-state index contributed by atoms with van der Waals surface area (Å²) in [4.78, 5) is 0. The predicted molar refractivity (Wildman–Crippen MR) is 64.7 cm³/mol. The number of rotatable bonds is 2. The van der Waals surface area contributed by atoms with E-state index in [9.17, 15) is 4.39 Å². The van der Waals surface area contributed by atoms with Gasteiger partial charge in [0.1, 0.15) is 11.5 Å². The summed E-state index contributed by atoms with van der Waals surface area (Å²) in [5, 5.41) is 4.50. The molecule has 0 bridgehead atoms. The molecule has 3 heteroatoms. The van der Waals surface area contributed by atoms with Crippen molar-refractivity contribution in [1.29, 1.82) is 0 Å². The first-order valence-corrected chi connectivity index (χ1v) is 6.15. The third kappa shape index (κ3) is 1.97. The van der Waals surface area contributed by atoms with E-state index in [4.69, 9.17) is 0 Å². The molecule has 0 radical (unpaired) electrons. The topological polar surface area (TPSA) is 17.8 Å². The Hall–Kier alpha value is -1.64. The SMILES string of the molecule is Fc1ccccc1-n1ccc(C2CCCC2)n1. The summed E-state index contributed by atoms with van der Waals surface area (Å²) in [6, 6.07) is 8.75. The molecule has 1 aliphatic rings. The first-order valence-electron chi connectivity index (χ1n) is 6.15. The molecule has 0 amide bonds. The summed E-state index contributed by atoms with van der Waals surface area (Å²) in [6.45, 7) is 0. The zero-order valence-corrected chi connectivity index (χ0v) is 9.64. The van der Waals surface area contributed by atoms with E-state index >= 15 is 0 Å². The van der Waals surface area contributed by atoms with Crippen molar-refractivity contribution in [3.8, 4) is 5.69 Å². The Kier molecular flexibility index (Phi) is 2.67. The summed E-state index contributed by atoms with van der Waals surface area (Å²) in [7, 11) is 0. The lowest BCUT2D eigenvalue weighted by Crippen LogP contribution is -2.00. The number of para-hydroxylation sites is 1. The largest absolute Gasteiger partial charge is 0.238 e. The summed E-state index contributed by atoms with van der Waals surface area (Å²) >= 11 is 0. The quantitative estimate of drug-likeness (QED) is 0.769. The van der Waals surface area contributed by atoms with Gasteiger partial charge < -0.3 is 0 Å². The van der Waals surface area contributed by atoms with E-state index in [1.54, 1.807) is 16.8 Å². The Labute approximate surface area is 100 Å². The Morgan fingerprint density at radius 1 is 1.12 bits per heavy atom. The van der Waals surface area contributed by atoms with Gasteiger partial charge in [0, 0.05) is 12.1 Å². The van der Waals surface area contributed by atoms with Crippen LogP contribution in [0.3, 0.4) is 0 Å². The van der Waals surface area contributed by atoms with Gasteiger partial charge in [0.2, 0.25) is 0 Å². The number of hydrogen-bond acceptors (Lipinski definition) is 1. The monoisotopic (exact) mass is 230 g/mol. The first-order chi connectivity index (χ1) is 8.34. The molecule has 1 heterocycles. The second-order valence-electron chi connectivity index (χ2n) is 4.62. The van der Waals surface area contributed by atoms with E-state index in [1.807, 2.05) is 18.3 Å². The van der Waals surface area contributed by atoms with Crippen molar-refractivity contribution in [2.24, 2.45) is 0 Å². The highest BCUT2D eigenvalue weighted by atomic mass is 19.1. The summed E-state index contributed by atoms with van der Waals surface area (Å²) < 4.78 is 15.2. The summed E-state index contributed by atoms with van der Waals surface area (Å²) in [5.41, 5.74) is 1.63. The van der Waals surface area contributed by atoms with Crippen LogP contribution < -0.4 is 0 Å². The molecule has 0 spiro atoms. The molecule has 1 saturated carbocycles. The average molecular weight is 230 g/mol. The zero-order valence-electron chi connectivity index (χ0n) is 9.64. The van der Waals surface area contributed by atoms with Gasteiger partial charge in [-0.25, -0.2) is 9.07 Å². The van der Waals surface area contributed by atoms with Gasteiger partial charge in [0.25, 0.3) is 0 Å². The molecule has 0 saturated heterocycles. The molecule has 17 heavy (non-hydrogen) atoms. The third-order valence-electron chi connectivity index (χ3n) is 3.48. The minimum absolute atomic E-state index is 0.228. The summed E-state index contributed by atoms with van der Waals surface area (Å²) in [6.07, 6.45) is 6.86. The Morgan fingerprint density at radius 2 is 1.88 bits per heavy atom. The lowest BCUT2D eigenvalue weighted by atomic mass is 10.1. The van der Waals surface area contributed by atoms with Crippen LogP contribution in [0.25, 0.3) is 5.69 Å². The Balaban J connectivity index is 1.92. The lowest BCUT2D eigenvalue weighted by Gasteiger charge is -2.05. The number of nitrogens with zero attached hydrogens (tertiary/aromatic N) is 2. The minimum atomic E-state index is -0.228. The zero-order chi connectivity index (χ0) is 11.7. The van der Waals surface area contributed by atoms with E-state index in [2.05, 4.69) is 5.10 Å². The fraction of sp³-hybridized carbons (Fsp3) is 0.357. The maximum Gasteiger partial charge on any atom is 0.148 e. The number of aromatic nitrogens is 2. The van der Waals surface area contributed by atoms with E-state index in [0.717, 1.165) is 5.69 Å². The average Bonchev–Trinajstić information content (AvgIpc) is 3.00. The highest BCUT2D eigenvalue weighted by Crippen LogP contribution is 2.33. The molecule has 0 unspecified atom stereocenters. The molecule has 1 fully saturated rings. The van der Waals surface area contributed by atoms with Crippen molar-refractivity contribution in [3.63, 3.8) is 0 Å². The van der Waals surface area contributed by atoms with Crippen molar-refractivity contribution in [3.05, 3.63) is 48.0 Å². The molecular weight excluding hydrogens is 215 g/mol. The molecule has 0 aliphatic heterocycles. The molecule has 88 valence electrons. The van der Waals surface area contributed by atoms with Crippen LogP contribution >= 0.6 is 0 Å². The fourth-order valence-corrected chi connectivity index (χ4v) is 2.55. The van der Waals surface area contributed by atoms with Crippen molar-refractivity contribution in [2.75, 3.05) is 0 Å². The standard InChI is InChI=1S/C14H15FN2/c15-12-7-3-4-8-14(12)17-10-9-13(16-17)11-5-1-2-6-11/h3-4,7-11H,1-2,5-6H2. The molecule has 0 N–H and O–H groups in total. The van der Waals surface area contributed by atoms with Crippen LogP contribution in [0.2, 0.25) is 0 Å². The van der Waals surface area contributed by atoms with Crippen molar-refractivity contribution < 1.29 is 4.39 Å². The van der Waals surface area contributed by atoms with E-state index < -0.39 is 0 Å². The molecule has 2 aromatic rings. The maximum absolute atomic E-state index is 13.6. The van der Waals surface area contributed by atoms with Crippen molar-refractivity contribution in [1.82, 2.24) is 9.78 Å². The molecule has 1 aromatic heterocycles. The van der Waals surface area contributed by atoms with Gasteiger partial charge in [0.15, 0.2) is 0 Å². The maximum atomic E-state index is 13.6. The second kappa shape index (κ2) is 4.32. The normalized spacial score (nSPS) is 16.5. The van der Waals surface area contributed by atoms with Crippen LogP contribution in [-0.4, -0.2) is 9.78 Å². The molecule has 1 aromatic carbocycles. The third-order valence-corrected chi connectivity index (χ3v) is 3.48. The smallest absolute Gasteiger partial charge is 0.148 e. The molecular formula is C14H15FN2. The molecule has 3 rings (SSSR count). The highest BCUT2D eigenvalue weighted by molar-refractivity contribution is 5.32. The van der Waals surface area contributed by atoms with E-state index in [0.29, 0.717) is 11.6 Å². The minimum Gasteiger partial charge on any atom is -0.238 e. The first kappa shape index (κ1) is 10.5. The molecule has 1 aliphatic carbocycles. The Bertz CT molecular complexity index is 512. The van der Waals surface area contributed by atoms with Gasteiger partial charge in [-0.2, -0.15) is 5.10 Å². The highest BCUT2D eigenvalue weighted by Gasteiger charge is 2.19. The number of benzene rings is 1. The van der Waals surface area contributed by atoms with E-state index in [-0.39, 0.29) is 5.82 Å². The Morgan fingerprint density at radius 3 is 2.65 bits per heavy atom. The fourth-order valence-electron chi connectivity index (χ4n) is 2.55. The number of halogens is 1. The van der Waals surface area contributed by atoms with Crippen molar-refractivity contribution in [2.45, 2.75) is 31.6 Å². The van der Waals surface area contributed by atoms with Crippen LogP contribution in [0.5, 0.6) is 0 Å². The van der Waals surface area contributed by atoms with Gasteiger partial charge in [-0.05, 0) is 31.0 Å². The lowest BCUT2D eigenvalue weighted by molar-refractivity contribution is 0.605. The van der Waals surface area contributed by atoms with Crippen LogP contribution in [0, 0.1) is 5.82 Å². The van der Waals surface area contributed by atoms with Gasteiger partial charge in [0.05, 0.1) is 5.69 Å². The van der Waals surface area contributed by atoms with Crippen LogP contribution in [-0.2, 0) is 0 Å². The summed E-state index contributed by atoms with van der Waals surface area (Å²) in [5.74, 6) is 0.344. The van der Waals surface area contributed by atoms with Crippen LogP contribution in [0.15, 0.2) is 36.5 Å². The van der Waals surface area contributed by atoms with Crippen LogP contribution in [0.1, 0.15) is 37.3 Å². The predicted octanol–water partition coefficient (Wildman–Crippen LogP) is 3.67. The van der Waals surface area contributed by atoms with Crippen LogP contribution in [0.4, 0.5) is 4.39 Å². The van der Waals surface area contributed by atoms with Gasteiger partial charge in [-0.15, -0.1) is 0 Å². The van der Waals surface area contributed by atoms with Gasteiger partial charge >= 0.3 is 0 Å². The number of hydrogen-bond donors (Lipinski definition) is 0. The van der Waals surface area contributed by atoms with Gasteiger partial charge in [-0.3, -0.25) is 0 Å².